The summed E-state index contributed by atoms with van der Waals surface area (Å²) in [5.41, 5.74) is 0.960. The molecule has 4 aliphatic heterocycles. The maximum Gasteiger partial charge on any atom is 0.410 e. The molecular formula is C40H55F3N6O6. The molecule has 0 aliphatic carbocycles. The van der Waals surface area contributed by atoms with Crippen LogP contribution in [0.1, 0.15) is 82.9 Å². The second-order valence-electron chi connectivity index (χ2n) is 16.7. The smallest absolute Gasteiger partial charge is 0.410 e. The van der Waals surface area contributed by atoms with E-state index in [4.69, 9.17) is 14.2 Å². The molecule has 5 heterocycles. The molecule has 5 atom stereocenters. The van der Waals surface area contributed by atoms with Gasteiger partial charge >= 0.3 is 6.09 Å². The summed E-state index contributed by atoms with van der Waals surface area (Å²) in [5, 5.41) is 0. The maximum absolute atomic E-state index is 14.6. The second kappa shape index (κ2) is 16.3. The molecule has 0 radical (unpaired) electrons. The summed E-state index contributed by atoms with van der Waals surface area (Å²) < 4.78 is 59.5. The molecule has 3 fully saturated rings. The molecule has 15 heteroatoms. The monoisotopic (exact) mass is 772 g/mol. The molecular weight excluding hydrogens is 717 g/mol. The third-order valence-electron chi connectivity index (χ3n) is 11.0. The number of hydrogen-bond donors (Lipinski definition) is 0. The zero-order valence-electron chi connectivity index (χ0n) is 33.0. The molecule has 3 saturated heterocycles. The van der Waals surface area contributed by atoms with Crippen molar-refractivity contribution in [2.45, 2.75) is 109 Å². The number of piperidine rings is 1. The molecule has 4 aliphatic rings. The van der Waals surface area contributed by atoms with Gasteiger partial charge in [-0.2, -0.15) is 0 Å². The van der Waals surface area contributed by atoms with Gasteiger partial charge in [-0.1, -0.05) is 12.1 Å². The number of carbonyl (C=O) groups excluding carboxylic acids is 3. The number of ether oxygens (including phenoxy) is 3. The number of rotatable bonds is 7. The van der Waals surface area contributed by atoms with Gasteiger partial charge in [0, 0.05) is 69.7 Å². The summed E-state index contributed by atoms with van der Waals surface area (Å²) in [6, 6.07) is 7.07. The first-order valence-electron chi connectivity index (χ1n) is 19.4. The summed E-state index contributed by atoms with van der Waals surface area (Å²) >= 11 is 0. The Morgan fingerprint density at radius 2 is 1.58 bits per heavy atom. The lowest BCUT2D eigenvalue weighted by Crippen LogP contribution is -2.65. The molecule has 0 N–H and O–H groups in total. The standard InChI is InChI=1S/C40H55F3N6O6/c1-25-18-46(32(19-47-26(2)22-53-23-27(47)3)20-48(25)38(52)55-39(5,6)7)21-34(50)49-28(4)24-54-36-33(49)17-30(16-29-8-10-31(41)11-9-29)35(44-36)37(51)45-14-12-40(42,43)13-15-45/h8-11,17,25-28,32H,12-16,18-24H2,1-7H3/t25-,26-,27-,28+,32+/m1/s1. The first kappa shape index (κ1) is 40.7. The lowest BCUT2D eigenvalue weighted by molar-refractivity contribution is -0.123. The molecule has 0 spiro atoms. The predicted molar refractivity (Wildman–Crippen MR) is 200 cm³/mol. The van der Waals surface area contributed by atoms with Crippen LogP contribution in [0.4, 0.5) is 23.7 Å². The van der Waals surface area contributed by atoms with E-state index in [1.807, 2.05) is 34.6 Å². The third kappa shape index (κ3) is 9.54. The number of aromatic nitrogens is 1. The van der Waals surface area contributed by atoms with Gasteiger partial charge in [-0.25, -0.2) is 22.9 Å². The number of halogens is 3. The molecule has 55 heavy (non-hydrogen) atoms. The van der Waals surface area contributed by atoms with Gasteiger partial charge in [0.25, 0.3) is 11.8 Å². The van der Waals surface area contributed by atoms with Crippen LogP contribution >= 0.6 is 0 Å². The number of amides is 3. The van der Waals surface area contributed by atoms with Crippen molar-refractivity contribution in [3.63, 3.8) is 0 Å². The third-order valence-corrected chi connectivity index (χ3v) is 11.0. The van der Waals surface area contributed by atoms with Crippen molar-refractivity contribution in [2.75, 3.05) is 64.0 Å². The largest absolute Gasteiger partial charge is 0.474 e. The van der Waals surface area contributed by atoms with Crippen molar-refractivity contribution < 1.29 is 41.8 Å². The van der Waals surface area contributed by atoms with Crippen molar-refractivity contribution in [1.82, 2.24) is 24.6 Å². The first-order valence-corrected chi connectivity index (χ1v) is 19.4. The Kier molecular flexibility index (Phi) is 12.0. The highest BCUT2D eigenvalue weighted by molar-refractivity contribution is 5.99. The molecule has 1 aromatic carbocycles. The van der Waals surface area contributed by atoms with E-state index >= 15 is 0 Å². The molecule has 0 unspecified atom stereocenters. The Morgan fingerprint density at radius 3 is 2.22 bits per heavy atom. The number of fused-ring (bicyclic) bond motifs is 1. The summed E-state index contributed by atoms with van der Waals surface area (Å²) in [6.45, 7) is 16.1. The lowest BCUT2D eigenvalue weighted by Gasteiger charge is -2.49. The fraction of sp³-hybridized carbons (Fsp3) is 0.650. The Hall–Kier alpha value is -3.95. The average molecular weight is 773 g/mol. The fourth-order valence-corrected chi connectivity index (χ4v) is 7.96. The van der Waals surface area contributed by atoms with Gasteiger partial charge in [0.15, 0.2) is 0 Å². The normalized spacial score (nSPS) is 26.3. The number of piperazine rings is 1. The van der Waals surface area contributed by atoms with Crippen LogP contribution in [0, 0.1) is 5.82 Å². The van der Waals surface area contributed by atoms with Gasteiger partial charge in [-0.15, -0.1) is 0 Å². The Bertz CT molecular complexity index is 1700. The van der Waals surface area contributed by atoms with Gasteiger partial charge in [-0.3, -0.25) is 19.4 Å². The van der Waals surface area contributed by atoms with Gasteiger partial charge < -0.3 is 28.9 Å². The predicted octanol–water partition coefficient (Wildman–Crippen LogP) is 5.22. The van der Waals surface area contributed by atoms with Crippen molar-refractivity contribution >= 4 is 23.6 Å². The van der Waals surface area contributed by atoms with Crippen LogP contribution in [0.15, 0.2) is 30.3 Å². The maximum atomic E-state index is 14.6. The summed E-state index contributed by atoms with van der Waals surface area (Å²) in [7, 11) is 0. The number of hydrogen-bond acceptors (Lipinski definition) is 9. The average Bonchev–Trinajstić information content (AvgIpc) is 3.10. The highest BCUT2D eigenvalue weighted by Crippen LogP contribution is 2.37. The molecule has 302 valence electrons. The van der Waals surface area contributed by atoms with E-state index < -0.39 is 42.2 Å². The highest BCUT2D eigenvalue weighted by atomic mass is 19.3. The van der Waals surface area contributed by atoms with Crippen LogP contribution in [0.5, 0.6) is 5.88 Å². The Balaban J connectivity index is 1.30. The SMILES string of the molecule is C[C@@H]1CN(CC(=O)N2c3cc(Cc4ccc(F)cc4)c(C(=O)N4CCC(F)(F)CC4)nc3OC[C@@H]2C)[C@@H](CN2[C@H](C)COC[C@H]2C)CN1C(=O)OC(C)(C)C. The van der Waals surface area contributed by atoms with E-state index in [-0.39, 0.29) is 80.4 Å². The molecule has 1 aromatic heterocycles. The molecule has 2 aromatic rings. The number of morpholine rings is 1. The van der Waals surface area contributed by atoms with Crippen LogP contribution in [0.3, 0.4) is 0 Å². The summed E-state index contributed by atoms with van der Waals surface area (Å²) in [6.07, 6.45) is -1.09. The summed E-state index contributed by atoms with van der Waals surface area (Å²) in [5.74, 6) is -3.84. The number of nitrogens with zero attached hydrogens (tertiary/aromatic N) is 6. The molecule has 0 saturated carbocycles. The molecule has 3 amide bonds. The van der Waals surface area contributed by atoms with E-state index in [0.29, 0.717) is 49.7 Å². The van der Waals surface area contributed by atoms with Crippen molar-refractivity contribution in [1.29, 1.82) is 0 Å². The van der Waals surface area contributed by atoms with Gasteiger partial charge in [0.2, 0.25) is 11.8 Å². The highest BCUT2D eigenvalue weighted by Gasteiger charge is 2.42. The first-order chi connectivity index (χ1) is 25.9. The van der Waals surface area contributed by atoms with E-state index in [1.165, 1.54) is 17.0 Å². The minimum absolute atomic E-state index is 0.0456. The van der Waals surface area contributed by atoms with Crippen LogP contribution < -0.4 is 9.64 Å². The number of pyridine rings is 1. The van der Waals surface area contributed by atoms with E-state index in [2.05, 4.69) is 28.6 Å². The number of alkyl halides is 2. The van der Waals surface area contributed by atoms with Gasteiger partial charge in [0.1, 0.15) is 29.4 Å². The summed E-state index contributed by atoms with van der Waals surface area (Å²) in [4.78, 5) is 55.9. The van der Waals surface area contributed by atoms with Crippen LogP contribution in [-0.2, 0) is 20.7 Å². The van der Waals surface area contributed by atoms with Gasteiger partial charge in [-0.05, 0) is 84.2 Å². The van der Waals surface area contributed by atoms with E-state index in [1.54, 1.807) is 28.0 Å². The van der Waals surface area contributed by atoms with E-state index in [0.717, 1.165) is 0 Å². The number of carbonyl (C=O) groups is 3. The molecule has 0 bridgehead atoms. The zero-order valence-corrected chi connectivity index (χ0v) is 33.0. The Morgan fingerprint density at radius 1 is 0.927 bits per heavy atom. The van der Waals surface area contributed by atoms with Crippen LogP contribution in [0.2, 0.25) is 0 Å². The minimum atomic E-state index is -2.84. The van der Waals surface area contributed by atoms with Crippen molar-refractivity contribution in [3.8, 4) is 5.88 Å². The van der Waals surface area contributed by atoms with Crippen LogP contribution in [-0.4, -0.2) is 143 Å². The second-order valence-corrected chi connectivity index (χ2v) is 16.7. The number of likely N-dealkylation sites (tertiary alicyclic amines) is 1. The molecule has 12 nitrogen and oxygen atoms in total. The lowest BCUT2D eigenvalue weighted by atomic mass is 10.00. The fourth-order valence-electron chi connectivity index (χ4n) is 7.96. The van der Waals surface area contributed by atoms with Crippen molar-refractivity contribution in [2.24, 2.45) is 0 Å². The molecule has 6 rings (SSSR count). The van der Waals surface area contributed by atoms with Gasteiger partial charge in [0.05, 0.1) is 25.8 Å². The minimum Gasteiger partial charge on any atom is -0.474 e. The topological polar surface area (TPSA) is 108 Å². The van der Waals surface area contributed by atoms with E-state index in [9.17, 15) is 27.6 Å². The van der Waals surface area contributed by atoms with Crippen LogP contribution in [0.25, 0.3) is 0 Å². The zero-order chi connectivity index (χ0) is 39.8. The quantitative estimate of drug-likeness (QED) is 0.375. The number of anilines is 1. The van der Waals surface area contributed by atoms with Crippen molar-refractivity contribution in [3.05, 3.63) is 53.0 Å². The number of benzene rings is 1. The Labute approximate surface area is 321 Å².